The number of nitrogens with zero attached hydrogens (tertiary/aromatic N) is 1. The van der Waals surface area contributed by atoms with E-state index in [0.29, 0.717) is 5.92 Å². The van der Waals surface area contributed by atoms with E-state index in [0.717, 1.165) is 22.6 Å². The van der Waals surface area contributed by atoms with E-state index in [2.05, 4.69) is 112 Å². The van der Waals surface area contributed by atoms with Gasteiger partial charge in [0.1, 0.15) is 22.6 Å². The van der Waals surface area contributed by atoms with Crippen molar-refractivity contribution in [1.82, 2.24) is 4.08 Å². The van der Waals surface area contributed by atoms with E-state index in [1.165, 1.54) is 40.4 Å². The van der Waals surface area contributed by atoms with Gasteiger partial charge in [0.25, 0.3) is 0 Å². The molecule has 0 bridgehead atoms. The van der Waals surface area contributed by atoms with E-state index in [1.54, 1.807) is 24.3 Å². The van der Waals surface area contributed by atoms with Crippen LogP contribution in [0, 0.1) is 63.2 Å². The predicted octanol–water partition coefficient (Wildman–Crippen LogP) is 8.39. The second-order valence-corrected chi connectivity index (χ2v) is 14.1. The van der Waals surface area contributed by atoms with Gasteiger partial charge < -0.3 is 0 Å². The van der Waals surface area contributed by atoms with Crippen molar-refractivity contribution in [1.29, 1.82) is 0 Å². The summed E-state index contributed by atoms with van der Waals surface area (Å²) in [4.78, 5) is 0.862. The number of aryl methyl sites for hydroxylation is 1. The van der Waals surface area contributed by atoms with Crippen LogP contribution in [0.4, 0.5) is 8.78 Å². The zero-order valence-corrected chi connectivity index (χ0v) is 32.5. The first-order valence-electron chi connectivity index (χ1n) is 14.8. The van der Waals surface area contributed by atoms with Crippen LogP contribution in [0.3, 0.4) is 0 Å². The van der Waals surface area contributed by atoms with Gasteiger partial charge in [-0.3, -0.25) is 0 Å². The van der Waals surface area contributed by atoms with Crippen molar-refractivity contribution in [3.63, 3.8) is 0 Å². The molecule has 0 saturated heterocycles. The minimum absolute atomic E-state index is 0. The predicted molar refractivity (Wildman–Crippen MR) is 191 cm³/mol. The van der Waals surface area contributed by atoms with Gasteiger partial charge in [0.2, 0.25) is 0 Å². The van der Waals surface area contributed by atoms with Gasteiger partial charge in [0.15, 0.2) is 0 Å². The summed E-state index contributed by atoms with van der Waals surface area (Å²) in [6, 6.07) is 40.8. The van der Waals surface area contributed by atoms with Crippen LogP contribution in [0.5, 0.6) is 0 Å². The fourth-order valence-electron chi connectivity index (χ4n) is 4.07. The van der Waals surface area contributed by atoms with Gasteiger partial charge in [0.05, 0.1) is 4.90 Å². The Morgan fingerprint density at radius 2 is 0.943 bits per heavy atom. The van der Waals surface area contributed by atoms with Crippen LogP contribution >= 0.6 is 8.07 Å². The molecule has 0 heterocycles. The van der Waals surface area contributed by atoms with Crippen molar-refractivity contribution in [3.8, 4) is 0 Å². The van der Waals surface area contributed by atoms with Crippen molar-refractivity contribution in [3.05, 3.63) is 201 Å². The quantitative estimate of drug-likeness (QED) is 0.0634. The van der Waals surface area contributed by atoms with Crippen LogP contribution in [0.2, 0.25) is 0 Å². The molecule has 5 aromatic carbocycles. The number of rotatable bonds is 9. The minimum Gasteiger partial charge on any atom is 0 e. The van der Waals surface area contributed by atoms with Gasteiger partial charge in [-0.2, -0.15) is 4.08 Å². The average molecular weight is 840 g/mol. The maximum absolute atomic E-state index is 13.6. The second-order valence-electron chi connectivity index (χ2n) is 10.2. The summed E-state index contributed by atoms with van der Waals surface area (Å²) in [6.07, 6.45) is 5.74. The smallest absolute Gasteiger partial charge is 0 e. The molecule has 276 valence electrons. The van der Waals surface area contributed by atoms with Gasteiger partial charge in [-0.1, -0.05) is 116 Å². The molecule has 0 amide bonds. The molecule has 6 nitrogen and oxygen atoms in total. The van der Waals surface area contributed by atoms with Crippen LogP contribution in [0.1, 0.15) is 30.5 Å². The van der Waals surface area contributed by atoms with E-state index in [9.17, 15) is 13.0 Å². The standard InChI is InChI=1S/C23H26NOPS.C14H8F2.4CO.2Co/c1-19(2)18-24(27(25)23-16-14-20(3)15-17-23)26(21-10-6-4-7-11-21)22-12-8-5-9-13-22;15-13-7-3-11(4-8-13)1-2-12-5-9-14(16)10-6-12;4*1-2;;/h4-17,19H,18H2,1-3H3;3-10H;;;;;;/t27-;;;;;;;/m0......./s1. The summed E-state index contributed by atoms with van der Waals surface area (Å²) in [5, 5.41) is 2.44. The Balaban J connectivity index is -0.000000827. The van der Waals surface area contributed by atoms with Crippen LogP contribution in [0.15, 0.2) is 138 Å². The molecule has 0 spiro atoms. The first kappa shape index (κ1) is 53.6. The van der Waals surface area contributed by atoms with E-state index in [1.807, 2.05) is 36.4 Å². The molecule has 0 aliphatic rings. The number of hydrogen-bond donors (Lipinski definition) is 0. The van der Waals surface area contributed by atoms with Crippen molar-refractivity contribution < 1.29 is 65.2 Å². The molecule has 0 saturated carbocycles. The first-order chi connectivity index (χ1) is 24.8. The third kappa shape index (κ3) is 20.3. The van der Waals surface area contributed by atoms with Crippen molar-refractivity contribution >= 4 is 29.7 Å². The van der Waals surface area contributed by atoms with E-state index < -0.39 is 19.1 Å². The minimum atomic E-state index is -1.22. The topological polar surface area (TPSA) is 99.9 Å². The van der Waals surface area contributed by atoms with Gasteiger partial charge in [-0.15, -0.1) is 0 Å². The normalized spacial score (nSPS) is 9.89. The number of halogens is 2. The van der Waals surface area contributed by atoms with Crippen LogP contribution in [-0.2, 0) is 63.2 Å². The molecule has 0 fully saturated rings. The monoisotopic (exact) mass is 839 g/mol. The van der Waals surface area contributed by atoms with Crippen molar-refractivity contribution in [2.75, 3.05) is 6.54 Å². The second kappa shape index (κ2) is 32.8. The van der Waals surface area contributed by atoms with Gasteiger partial charge in [-0.25, -0.2) is 13.0 Å². The van der Waals surface area contributed by atoms with Crippen molar-refractivity contribution in [2.45, 2.75) is 25.7 Å². The Kier molecular flexibility index (Phi) is 33.2. The molecule has 1 atom stereocenters. The van der Waals surface area contributed by atoms with Crippen LogP contribution < -0.4 is 10.6 Å². The first-order valence-corrected chi connectivity index (χ1v) is 17.2. The molecule has 5 aromatic rings. The Morgan fingerprint density at radius 1 is 0.604 bits per heavy atom. The third-order valence-corrected chi connectivity index (χ3v) is 10.5. The van der Waals surface area contributed by atoms with Crippen molar-refractivity contribution in [2.24, 2.45) is 5.92 Å². The molecule has 12 heteroatoms. The molecule has 0 aliphatic heterocycles. The zero-order chi connectivity index (χ0) is 38.6. The Morgan fingerprint density at radius 3 is 1.26 bits per heavy atom. The fourth-order valence-corrected chi connectivity index (χ4v) is 8.77. The Bertz CT molecular complexity index is 1690. The largest absolute Gasteiger partial charge is 0 e. The molecular weight excluding hydrogens is 805 g/mol. The molecule has 0 aliphatic carbocycles. The molecule has 5 rings (SSSR count). The van der Waals surface area contributed by atoms with E-state index in [-0.39, 0.29) is 45.2 Å². The molecule has 53 heavy (non-hydrogen) atoms. The van der Waals surface area contributed by atoms with E-state index >= 15 is 0 Å². The summed E-state index contributed by atoms with van der Waals surface area (Å²) in [5.74, 6) is -0.156. The summed E-state index contributed by atoms with van der Waals surface area (Å²) >= 11 is 0. The molecule has 4 radical (unpaired) electrons. The van der Waals surface area contributed by atoms with Gasteiger partial charge >= 0.3 is 45.2 Å². The molecule has 0 unspecified atom stereocenters. The number of hydrogen-bond acceptors (Lipinski definition) is 1. The van der Waals surface area contributed by atoms with Gasteiger partial charge in [0, 0.05) is 48.2 Å². The summed E-state index contributed by atoms with van der Waals surface area (Å²) in [5.41, 5.74) is 2.64. The maximum atomic E-state index is 13.6. The van der Waals surface area contributed by atoms with E-state index in [4.69, 9.17) is 18.6 Å². The Labute approximate surface area is 335 Å². The fraction of sp³-hybridized carbons (Fsp3) is 0.122. The summed E-state index contributed by atoms with van der Waals surface area (Å²) in [6.45, 7) is 25.2. The third-order valence-electron chi connectivity index (χ3n) is 6.20. The van der Waals surface area contributed by atoms with Crippen LogP contribution in [-0.4, -0.2) is 14.8 Å². The van der Waals surface area contributed by atoms with Gasteiger partial charge in [-0.05, 0) is 83.1 Å². The summed E-state index contributed by atoms with van der Waals surface area (Å²) in [7, 11) is -2.10. The SMILES string of the molecule is Cc1ccc([S@](=O)N(CC(C)C)P(c2ccccc2)c2ccccc2)cc1.Fc1ccc([C]=[C]c2ccc(F)cc2)cc1.[C-]#[O+].[C-]#[O+].[C-]#[O+].[C-]#[O+].[Co].[Co]. The Hall–Kier alpha value is -3.79. The summed E-state index contributed by atoms with van der Waals surface area (Å²) < 4.78 is 71.0. The molecule has 0 aromatic heterocycles. The van der Waals surface area contributed by atoms with Crippen LogP contribution in [0.25, 0.3) is 0 Å². The average Bonchev–Trinajstić information content (AvgIpc) is 3.19. The number of benzene rings is 5. The molecule has 0 N–H and O–H groups in total. The zero-order valence-electron chi connectivity index (χ0n) is 28.8. The molecular formula is C41H34Co2F2NO5PS. The maximum Gasteiger partial charge on any atom is 0 e.